The maximum absolute atomic E-state index is 12.4. The second-order valence-electron chi connectivity index (χ2n) is 7.46. The smallest absolute Gasteiger partial charge is 0.315 e. The van der Waals surface area contributed by atoms with Crippen LogP contribution in [0.4, 0.5) is 4.79 Å². The first-order chi connectivity index (χ1) is 13.2. The lowest BCUT2D eigenvalue weighted by Crippen LogP contribution is -2.53. The van der Waals surface area contributed by atoms with E-state index in [2.05, 4.69) is 10.6 Å². The third-order valence-electron chi connectivity index (χ3n) is 5.44. The van der Waals surface area contributed by atoms with E-state index in [1.165, 1.54) is 6.42 Å². The SMILES string of the molecule is O=C(NC1CCCCC1)N[C@@H]1C=C[C@H](CC(=O)N2CCOCC2)O[C@H]1CO. The maximum atomic E-state index is 12.4. The van der Waals surface area contributed by atoms with Gasteiger partial charge < -0.3 is 30.1 Å². The summed E-state index contributed by atoms with van der Waals surface area (Å²) >= 11 is 0. The Morgan fingerprint density at radius 3 is 2.52 bits per heavy atom. The third kappa shape index (κ3) is 5.92. The van der Waals surface area contributed by atoms with Gasteiger partial charge in [0.2, 0.25) is 5.91 Å². The number of aliphatic hydroxyl groups is 1. The molecule has 8 heteroatoms. The average Bonchev–Trinajstić information content (AvgIpc) is 2.70. The Labute approximate surface area is 160 Å². The number of nitrogens with one attached hydrogen (secondary N) is 2. The predicted molar refractivity (Wildman–Crippen MR) is 99.2 cm³/mol. The standard InChI is InChI=1S/C19H31N3O5/c23-13-17-16(21-19(25)20-14-4-2-1-3-5-14)7-6-15(27-17)12-18(24)22-8-10-26-11-9-22/h6-7,14-17,23H,1-5,8-13H2,(H2,20,21,25)/t15-,16-,17+/m1/s1. The second-order valence-corrected chi connectivity index (χ2v) is 7.46. The molecule has 2 fully saturated rings. The molecule has 3 rings (SSSR count). The molecule has 8 nitrogen and oxygen atoms in total. The van der Waals surface area contributed by atoms with Crippen molar-refractivity contribution in [3.63, 3.8) is 0 Å². The second kappa shape index (κ2) is 10.1. The normalized spacial score (nSPS) is 29.4. The Morgan fingerprint density at radius 1 is 1.07 bits per heavy atom. The molecule has 27 heavy (non-hydrogen) atoms. The Balaban J connectivity index is 1.48. The lowest BCUT2D eigenvalue weighted by Gasteiger charge is -2.34. The zero-order valence-corrected chi connectivity index (χ0v) is 15.8. The summed E-state index contributed by atoms with van der Waals surface area (Å²) in [7, 11) is 0. The maximum Gasteiger partial charge on any atom is 0.315 e. The zero-order valence-electron chi connectivity index (χ0n) is 15.8. The number of hydrogen-bond donors (Lipinski definition) is 3. The fourth-order valence-corrected chi connectivity index (χ4v) is 3.88. The van der Waals surface area contributed by atoms with Gasteiger partial charge in [0.1, 0.15) is 6.10 Å². The van der Waals surface area contributed by atoms with E-state index in [0.717, 1.165) is 25.7 Å². The largest absolute Gasteiger partial charge is 0.394 e. The fourth-order valence-electron chi connectivity index (χ4n) is 3.88. The van der Waals surface area contributed by atoms with Gasteiger partial charge in [-0.3, -0.25) is 4.79 Å². The topological polar surface area (TPSA) is 100 Å². The average molecular weight is 381 g/mol. The molecule has 0 radical (unpaired) electrons. The minimum Gasteiger partial charge on any atom is -0.394 e. The lowest BCUT2D eigenvalue weighted by molar-refractivity contribution is -0.139. The predicted octanol–water partition coefficient (Wildman–Crippen LogP) is 0.552. The third-order valence-corrected chi connectivity index (χ3v) is 5.44. The monoisotopic (exact) mass is 381 g/mol. The van der Waals surface area contributed by atoms with Crippen molar-refractivity contribution in [1.82, 2.24) is 15.5 Å². The summed E-state index contributed by atoms with van der Waals surface area (Å²) in [6, 6.07) is -0.423. The lowest BCUT2D eigenvalue weighted by atomic mass is 9.96. The van der Waals surface area contributed by atoms with Gasteiger partial charge in [-0.05, 0) is 12.8 Å². The van der Waals surface area contributed by atoms with E-state index in [1.807, 2.05) is 6.08 Å². The van der Waals surface area contributed by atoms with Crippen LogP contribution in [0.25, 0.3) is 0 Å². The molecule has 1 saturated heterocycles. The highest BCUT2D eigenvalue weighted by atomic mass is 16.5. The summed E-state index contributed by atoms with van der Waals surface area (Å²) in [5.74, 6) is 0.0195. The van der Waals surface area contributed by atoms with Crippen molar-refractivity contribution >= 4 is 11.9 Å². The van der Waals surface area contributed by atoms with Crippen molar-refractivity contribution in [3.8, 4) is 0 Å². The number of carbonyl (C=O) groups excluding carboxylic acids is 2. The van der Waals surface area contributed by atoms with Crippen LogP contribution in [0.3, 0.4) is 0 Å². The molecule has 3 atom stereocenters. The van der Waals surface area contributed by atoms with Crippen LogP contribution in [0.15, 0.2) is 12.2 Å². The highest BCUT2D eigenvalue weighted by Crippen LogP contribution is 2.19. The Morgan fingerprint density at radius 2 is 1.81 bits per heavy atom. The molecule has 3 aliphatic rings. The Bertz CT molecular complexity index is 529. The Hall–Kier alpha value is -1.64. The van der Waals surface area contributed by atoms with E-state index in [0.29, 0.717) is 26.3 Å². The molecule has 1 aliphatic carbocycles. The van der Waals surface area contributed by atoms with E-state index in [9.17, 15) is 14.7 Å². The molecule has 2 heterocycles. The summed E-state index contributed by atoms with van der Waals surface area (Å²) in [5, 5.41) is 15.5. The van der Waals surface area contributed by atoms with Crippen LogP contribution in [-0.2, 0) is 14.3 Å². The van der Waals surface area contributed by atoms with Gasteiger partial charge in [0.25, 0.3) is 0 Å². The minimum absolute atomic E-state index is 0.0195. The number of morpholine rings is 1. The molecule has 0 unspecified atom stereocenters. The molecule has 0 aromatic carbocycles. The minimum atomic E-state index is -0.561. The van der Waals surface area contributed by atoms with Crippen LogP contribution in [0.2, 0.25) is 0 Å². The van der Waals surface area contributed by atoms with Gasteiger partial charge in [0.15, 0.2) is 0 Å². The summed E-state index contributed by atoms with van der Waals surface area (Å²) in [4.78, 5) is 26.4. The van der Waals surface area contributed by atoms with Gasteiger partial charge in [-0.1, -0.05) is 31.4 Å². The van der Waals surface area contributed by atoms with E-state index in [4.69, 9.17) is 9.47 Å². The summed E-state index contributed by atoms with van der Waals surface area (Å²) in [6.07, 6.45) is 8.46. The molecule has 0 aromatic rings. The highest BCUT2D eigenvalue weighted by Gasteiger charge is 2.30. The molecule has 152 valence electrons. The van der Waals surface area contributed by atoms with E-state index in [-0.39, 0.29) is 31.0 Å². The van der Waals surface area contributed by atoms with Crippen LogP contribution < -0.4 is 10.6 Å². The molecule has 3 N–H and O–H groups in total. The van der Waals surface area contributed by atoms with Gasteiger partial charge in [-0.15, -0.1) is 0 Å². The van der Waals surface area contributed by atoms with Crippen molar-refractivity contribution in [3.05, 3.63) is 12.2 Å². The fraction of sp³-hybridized carbons (Fsp3) is 0.789. The molecule has 1 saturated carbocycles. The number of nitrogens with zero attached hydrogens (tertiary/aromatic N) is 1. The molecule has 0 bridgehead atoms. The summed E-state index contributed by atoms with van der Waals surface area (Å²) < 4.78 is 11.1. The van der Waals surface area contributed by atoms with Gasteiger partial charge in [-0.25, -0.2) is 4.79 Å². The van der Waals surface area contributed by atoms with Crippen LogP contribution in [0.1, 0.15) is 38.5 Å². The number of ether oxygens (including phenoxy) is 2. The van der Waals surface area contributed by atoms with E-state index < -0.39 is 18.2 Å². The number of hydrogen-bond acceptors (Lipinski definition) is 5. The first-order valence-corrected chi connectivity index (χ1v) is 10.0. The van der Waals surface area contributed by atoms with E-state index >= 15 is 0 Å². The Kier molecular flexibility index (Phi) is 7.49. The van der Waals surface area contributed by atoms with Crippen molar-refractivity contribution in [2.75, 3.05) is 32.9 Å². The van der Waals surface area contributed by atoms with Gasteiger partial charge in [0, 0.05) is 19.1 Å². The van der Waals surface area contributed by atoms with Gasteiger partial charge in [0.05, 0.1) is 38.4 Å². The molecular formula is C19H31N3O5. The molecular weight excluding hydrogens is 350 g/mol. The molecule has 2 aliphatic heterocycles. The van der Waals surface area contributed by atoms with Crippen molar-refractivity contribution < 1.29 is 24.2 Å². The number of aliphatic hydroxyl groups excluding tert-OH is 1. The molecule has 0 aromatic heterocycles. The summed E-state index contributed by atoms with van der Waals surface area (Å²) in [6.45, 7) is 2.11. The number of carbonyl (C=O) groups is 2. The zero-order chi connectivity index (χ0) is 19.1. The first kappa shape index (κ1) is 20.1. The molecule has 3 amide bonds. The number of urea groups is 1. The summed E-state index contributed by atoms with van der Waals surface area (Å²) in [5.41, 5.74) is 0. The van der Waals surface area contributed by atoms with Crippen LogP contribution >= 0.6 is 0 Å². The van der Waals surface area contributed by atoms with Gasteiger partial charge in [-0.2, -0.15) is 0 Å². The quantitative estimate of drug-likeness (QED) is 0.604. The number of rotatable bonds is 5. The van der Waals surface area contributed by atoms with Crippen LogP contribution in [0.5, 0.6) is 0 Å². The van der Waals surface area contributed by atoms with Gasteiger partial charge >= 0.3 is 6.03 Å². The van der Waals surface area contributed by atoms with Crippen LogP contribution in [-0.4, -0.2) is 79.1 Å². The number of amides is 3. The molecule has 0 spiro atoms. The van der Waals surface area contributed by atoms with Crippen molar-refractivity contribution in [2.24, 2.45) is 0 Å². The van der Waals surface area contributed by atoms with Crippen LogP contribution in [0, 0.1) is 0 Å². The van der Waals surface area contributed by atoms with E-state index in [1.54, 1.807) is 11.0 Å². The van der Waals surface area contributed by atoms with Crippen molar-refractivity contribution in [2.45, 2.75) is 62.8 Å². The first-order valence-electron chi connectivity index (χ1n) is 10.0. The highest BCUT2D eigenvalue weighted by molar-refractivity contribution is 5.77. The van der Waals surface area contributed by atoms with Crippen molar-refractivity contribution in [1.29, 1.82) is 0 Å².